The molecule has 1 aromatic carbocycles. The van der Waals surface area contributed by atoms with E-state index >= 15 is 0 Å². The van der Waals surface area contributed by atoms with Gasteiger partial charge in [0.2, 0.25) is 0 Å². The van der Waals surface area contributed by atoms with Crippen LogP contribution >= 0.6 is 0 Å². The van der Waals surface area contributed by atoms with Gasteiger partial charge in [0.25, 0.3) is 5.91 Å². The first-order valence-corrected chi connectivity index (χ1v) is 7.36. The van der Waals surface area contributed by atoms with Crippen molar-refractivity contribution in [1.29, 1.82) is 0 Å². The molecule has 5 heteroatoms. The van der Waals surface area contributed by atoms with Crippen molar-refractivity contribution in [3.8, 4) is 5.75 Å². The number of carbonyl (C=O) groups is 2. The maximum atomic E-state index is 12.4. The van der Waals surface area contributed by atoms with Crippen LogP contribution in [0.15, 0.2) is 24.3 Å². The Hall–Kier alpha value is -2.04. The van der Waals surface area contributed by atoms with Gasteiger partial charge < -0.3 is 14.7 Å². The van der Waals surface area contributed by atoms with Crippen molar-refractivity contribution in [2.75, 3.05) is 19.7 Å². The minimum atomic E-state index is -0.823. The number of carbonyl (C=O) groups excluding carboxylic acids is 1. The Morgan fingerprint density at radius 1 is 1.33 bits per heavy atom. The molecular weight excluding hydrogens is 270 g/mol. The van der Waals surface area contributed by atoms with E-state index in [0.717, 1.165) is 18.6 Å². The number of likely N-dealkylation sites (tertiary alicyclic amines) is 1. The summed E-state index contributed by atoms with van der Waals surface area (Å²) in [6, 6.07) is 7.03. The number of hydrogen-bond donors (Lipinski definition) is 1. The van der Waals surface area contributed by atoms with Gasteiger partial charge in [-0.2, -0.15) is 0 Å². The summed E-state index contributed by atoms with van der Waals surface area (Å²) in [6.45, 7) is 3.60. The summed E-state index contributed by atoms with van der Waals surface area (Å²) in [6.07, 6.45) is 2.31. The van der Waals surface area contributed by atoms with Crippen LogP contribution in [-0.2, 0) is 4.79 Å². The zero-order chi connectivity index (χ0) is 15.2. The summed E-state index contributed by atoms with van der Waals surface area (Å²) in [5, 5.41) is 9.07. The van der Waals surface area contributed by atoms with Crippen molar-refractivity contribution in [2.45, 2.75) is 26.2 Å². The molecule has 1 atom stereocenters. The van der Waals surface area contributed by atoms with E-state index in [1.54, 1.807) is 29.2 Å². The fourth-order valence-corrected chi connectivity index (χ4v) is 2.46. The second kappa shape index (κ2) is 7.11. The molecule has 2 rings (SSSR count). The average Bonchev–Trinajstić information content (AvgIpc) is 2.53. The lowest BCUT2D eigenvalue weighted by Gasteiger charge is -2.30. The first-order valence-electron chi connectivity index (χ1n) is 7.36. The van der Waals surface area contributed by atoms with Crippen LogP contribution in [0.5, 0.6) is 5.75 Å². The van der Waals surface area contributed by atoms with Gasteiger partial charge >= 0.3 is 5.97 Å². The second-order valence-electron chi connectivity index (χ2n) is 5.30. The first-order chi connectivity index (χ1) is 10.1. The van der Waals surface area contributed by atoms with Gasteiger partial charge in [-0.3, -0.25) is 9.59 Å². The number of carboxylic acid groups (broad SMARTS) is 1. The molecule has 1 aromatic rings. The number of nitrogens with zero attached hydrogens (tertiary/aromatic N) is 1. The smallest absolute Gasteiger partial charge is 0.308 e. The number of ether oxygens (including phenoxy) is 1. The Balaban J connectivity index is 2.00. The minimum absolute atomic E-state index is 0.108. The van der Waals surface area contributed by atoms with Crippen molar-refractivity contribution in [3.05, 3.63) is 29.8 Å². The summed E-state index contributed by atoms with van der Waals surface area (Å²) < 4.78 is 5.48. The third kappa shape index (κ3) is 3.97. The van der Waals surface area contributed by atoms with Gasteiger partial charge in [0.1, 0.15) is 5.75 Å². The molecule has 5 nitrogen and oxygen atoms in total. The molecule has 1 fully saturated rings. The molecule has 114 valence electrons. The van der Waals surface area contributed by atoms with Crippen LogP contribution in [0.4, 0.5) is 0 Å². The Morgan fingerprint density at radius 2 is 2.05 bits per heavy atom. The number of aliphatic carboxylic acids is 1. The number of amides is 1. The largest absolute Gasteiger partial charge is 0.494 e. The quantitative estimate of drug-likeness (QED) is 0.904. The molecule has 1 aliphatic rings. The summed E-state index contributed by atoms with van der Waals surface area (Å²) in [5.41, 5.74) is 0.574. The first kappa shape index (κ1) is 15.4. The molecule has 1 saturated heterocycles. The lowest BCUT2D eigenvalue weighted by molar-refractivity contribution is -0.143. The molecule has 0 aromatic heterocycles. The Morgan fingerprint density at radius 3 is 2.67 bits per heavy atom. The monoisotopic (exact) mass is 291 g/mol. The molecule has 1 heterocycles. The molecule has 0 spiro atoms. The normalized spacial score (nSPS) is 18.3. The van der Waals surface area contributed by atoms with Gasteiger partial charge in [-0.25, -0.2) is 0 Å². The van der Waals surface area contributed by atoms with E-state index in [0.29, 0.717) is 31.7 Å². The Kier molecular flexibility index (Phi) is 5.20. The standard InChI is InChI=1S/C16H21NO4/c1-2-10-21-14-7-5-12(6-8-14)15(18)17-9-3-4-13(11-17)16(19)20/h5-8,13H,2-4,9-11H2,1H3,(H,19,20). The average molecular weight is 291 g/mol. The Bertz CT molecular complexity index is 498. The minimum Gasteiger partial charge on any atom is -0.494 e. The number of rotatable bonds is 5. The Labute approximate surface area is 124 Å². The van der Waals surface area contributed by atoms with E-state index in [9.17, 15) is 9.59 Å². The number of carboxylic acids is 1. The SMILES string of the molecule is CCCOc1ccc(C(=O)N2CCCC(C(=O)O)C2)cc1. The summed E-state index contributed by atoms with van der Waals surface area (Å²) >= 11 is 0. The molecule has 0 aliphatic carbocycles. The molecular formula is C16H21NO4. The van der Waals surface area contributed by atoms with Crippen molar-refractivity contribution >= 4 is 11.9 Å². The number of hydrogen-bond acceptors (Lipinski definition) is 3. The van der Waals surface area contributed by atoms with Crippen molar-refractivity contribution in [3.63, 3.8) is 0 Å². The van der Waals surface area contributed by atoms with Gasteiger partial charge in [-0.1, -0.05) is 6.92 Å². The van der Waals surface area contributed by atoms with Crippen LogP contribution in [0.25, 0.3) is 0 Å². The molecule has 1 aliphatic heterocycles. The number of benzene rings is 1. The highest BCUT2D eigenvalue weighted by Gasteiger charge is 2.28. The molecule has 0 saturated carbocycles. The zero-order valence-corrected chi connectivity index (χ0v) is 12.2. The number of piperidine rings is 1. The molecule has 0 radical (unpaired) electrons. The topological polar surface area (TPSA) is 66.8 Å². The van der Waals surface area contributed by atoms with E-state index in [-0.39, 0.29) is 5.91 Å². The lowest BCUT2D eigenvalue weighted by Crippen LogP contribution is -2.42. The van der Waals surface area contributed by atoms with Crippen LogP contribution in [0.3, 0.4) is 0 Å². The maximum Gasteiger partial charge on any atom is 0.308 e. The predicted molar refractivity (Wildman–Crippen MR) is 78.5 cm³/mol. The highest BCUT2D eigenvalue weighted by Crippen LogP contribution is 2.20. The molecule has 1 unspecified atom stereocenters. The summed E-state index contributed by atoms with van der Waals surface area (Å²) in [4.78, 5) is 25.1. The van der Waals surface area contributed by atoms with Crippen molar-refractivity contribution in [1.82, 2.24) is 4.90 Å². The van der Waals surface area contributed by atoms with Gasteiger partial charge in [0, 0.05) is 18.7 Å². The highest BCUT2D eigenvalue weighted by molar-refractivity contribution is 5.94. The van der Waals surface area contributed by atoms with Gasteiger partial charge in [0.05, 0.1) is 12.5 Å². The van der Waals surface area contributed by atoms with Crippen LogP contribution in [0.1, 0.15) is 36.5 Å². The fraction of sp³-hybridized carbons (Fsp3) is 0.500. The van der Waals surface area contributed by atoms with Crippen LogP contribution in [-0.4, -0.2) is 41.6 Å². The van der Waals surface area contributed by atoms with Crippen LogP contribution in [0, 0.1) is 5.92 Å². The summed E-state index contributed by atoms with van der Waals surface area (Å²) in [7, 11) is 0. The molecule has 1 amide bonds. The van der Waals surface area contributed by atoms with E-state index in [1.807, 2.05) is 6.92 Å². The van der Waals surface area contributed by atoms with Crippen molar-refractivity contribution in [2.24, 2.45) is 5.92 Å². The zero-order valence-electron chi connectivity index (χ0n) is 12.2. The van der Waals surface area contributed by atoms with Crippen LogP contribution < -0.4 is 4.74 Å². The van der Waals surface area contributed by atoms with E-state index in [1.165, 1.54) is 0 Å². The van der Waals surface area contributed by atoms with Gasteiger partial charge in [-0.05, 0) is 43.5 Å². The van der Waals surface area contributed by atoms with E-state index < -0.39 is 11.9 Å². The van der Waals surface area contributed by atoms with Crippen molar-refractivity contribution < 1.29 is 19.4 Å². The third-order valence-corrected chi connectivity index (χ3v) is 3.63. The third-order valence-electron chi connectivity index (χ3n) is 3.63. The van der Waals surface area contributed by atoms with Crippen LogP contribution in [0.2, 0.25) is 0 Å². The van der Waals surface area contributed by atoms with E-state index in [4.69, 9.17) is 9.84 Å². The van der Waals surface area contributed by atoms with Gasteiger partial charge in [0.15, 0.2) is 0 Å². The highest BCUT2D eigenvalue weighted by atomic mass is 16.5. The maximum absolute atomic E-state index is 12.4. The van der Waals surface area contributed by atoms with E-state index in [2.05, 4.69) is 0 Å². The fourth-order valence-electron chi connectivity index (χ4n) is 2.46. The molecule has 0 bridgehead atoms. The second-order valence-corrected chi connectivity index (χ2v) is 5.30. The van der Waals surface area contributed by atoms with Gasteiger partial charge in [-0.15, -0.1) is 0 Å². The summed E-state index contributed by atoms with van der Waals surface area (Å²) in [5.74, 6) is -0.635. The lowest BCUT2D eigenvalue weighted by atomic mass is 9.97. The molecule has 21 heavy (non-hydrogen) atoms. The predicted octanol–water partition coefficient (Wildman–Crippen LogP) is 2.41. The molecule has 1 N–H and O–H groups in total.